The molecule has 0 aromatic carbocycles. The summed E-state index contributed by atoms with van der Waals surface area (Å²) < 4.78 is 0. The highest BCUT2D eigenvalue weighted by Gasteiger charge is 1.89. The maximum Gasteiger partial charge on any atom is 0.0778 e. The summed E-state index contributed by atoms with van der Waals surface area (Å²) >= 11 is 0. The van der Waals surface area contributed by atoms with Crippen LogP contribution in [0.5, 0.6) is 0 Å². The number of nitroso groups, excluding NO2 is 1. The second-order valence-electron chi connectivity index (χ2n) is 2.57. The molecule has 0 saturated carbocycles. The van der Waals surface area contributed by atoms with Gasteiger partial charge in [0.05, 0.1) is 5.70 Å². The SMILES string of the molecule is C/C(=C\CC(C)C)N=O.CC. The van der Waals surface area contributed by atoms with E-state index in [2.05, 4.69) is 19.0 Å². The van der Waals surface area contributed by atoms with E-state index in [4.69, 9.17) is 0 Å². The van der Waals surface area contributed by atoms with Crippen LogP contribution in [-0.2, 0) is 0 Å². The lowest BCUT2D eigenvalue weighted by Gasteiger charge is -1.95. The molecule has 0 fully saturated rings. The molecule has 0 saturated heterocycles. The quantitative estimate of drug-likeness (QED) is 0.574. The Morgan fingerprint density at radius 3 is 2.18 bits per heavy atom. The molecule has 0 bridgehead atoms. The van der Waals surface area contributed by atoms with Gasteiger partial charge in [0.2, 0.25) is 0 Å². The minimum Gasteiger partial charge on any atom is -0.145 e. The number of hydrogen-bond acceptors (Lipinski definition) is 2. The van der Waals surface area contributed by atoms with Crippen LogP contribution in [0.3, 0.4) is 0 Å². The van der Waals surface area contributed by atoms with Gasteiger partial charge < -0.3 is 0 Å². The van der Waals surface area contributed by atoms with Gasteiger partial charge in [0, 0.05) is 0 Å². The lowest BCUT2D eigenvalue weighted by Crippen LogP contribution is -1.82. The fraction of sp³-hybridized carbons (Fsp3) is 0.778. The molecule has 2 heteroatoms. The third-order valence-electron chi connectivity index (χ3n) is 1.03. The zero-order valence-electron chi connectivity index (χ0n) is 8.22. The third-order valence-corrected chi connectivity index (χ3v) is 1.03. The topological polar surface area (TPSA) is 29.4 Å². The van der Waals surface area contributed by atoms with Crippen molar-refractivity contribution < 1.29 is 0 Å². The standard InChI is InChI=1S/C7H13NO.C2H6/c1-6(2)4-5-7(3)8-9;1-2/h5-6H,4H2,1-3H3;1-2H3/b7-5+;. The summed E-state index contributed by atoms with van der Waals surface area (Å²) in [7, 11) is 0. The Kier molecular flexibility index (Phi) is 11.0. The monoisotopic (exact) mass is 157 g/mol. The summed E-state index contributed by atoms with van der Waals surface area (Å²) in [5.41, 5.74) is 0.587. The van der Waals surface area contributed by atoms with E-state index < -0.39 is 0 Å². The van der Waals surface area contributed by atoms with Gasteiger partial charge in [-0.3, -0.25) is 0 Å². The van der Waals surface area contributed by atoms with Crippen LogP contribution in [0.4, 0.5) is 0 Å². The van der Waals surface area contributed by atoms with Crippen molar-refractivity contribution >= 4 is 0 Å². The van der Waals surface area contributed by atoms with E-state index in [0.29, 0.717) is 11.6 Å². The Hall–Kier alpha value is -0.660. The second-order valence-corrected chi connectivity index (χ2v) is 2.57. The van der Waals surface area contributed by atoms with Gasteiger partial charge in [0.15, 0.2) is 0 Å². The zero-order chi connectivity index (χ0) is 9.28. The molecular formula is C9H19NO. The van der Waals surface area contributed by atoms with Crippen LogP contribution in [-0.4, -0.2) is 0 Å². The van der Waals surface area contributed by atoms with Crippen molar-refractivity contribution in [2.24, 2.45) is 11.1 Å². The molecule has 0 unspecified atom stereocenters. The second kappa shape index (κ2) is 9.34. The van der Waals surface area contributed by atoms with Crippen molar-refractivity contribution in [2.75, 3.05) is 0 Å². The molecule has 0 rings (SSSR count). The molecule has 0 radical (unpaired) electrons. The average Bonchev–Trinajstić information content (AvgIpc) is 2.04. The molecule has 2 nitrogen and oxygen atoms in total. The molecule has 0 atom stereocenters. The zero-order valence-corrected chi connectivity index (χ0v) is 8.22. The predicted octanol–water partition coefficient (Wildman–Crippen LogP) is 3.73. The first-order valence-corrected chi connectivity index (χ1v) is 4.17. The molecular weight excluding hydrogens is 138 g/mol. The molecule has 0 aromatic rings. The maximum atomic E-state index is 9.80. The van der Waals surface area contributed by atoms with Crippen molar-refractivity contribution in [3.63, 3.8) is 0 Å². The van der Waals surface area contributed by atoms with Gasteiger partial charge in [-0.2, -0.15) is 0 Å². The van der Waals surface area contributed by atoms with Crippen LogP contribution in [0.2, 0.25) is 0 Å². The molecule has 0 aromatic heterocycles. The molecule has 0 aliphatic rings. The Morgan fingerprint density at radius 2 is 1.91 bits per heavy atom. The van der Waals surface area contributed by atoms with Crippen molar-refractivity contribution in [3.8, 4) is 0 Å². The fourth-order valence-electron chi connectivity index (χ4n) is 0.444. The Morgan fingerprint density at radius 1 is 1.45 bits per heavy atom. The van der Waals surface area contributed by atoms with Crippen LogP contribution in [0.25, 0.3) is 0 Å². The summed E-state index contributed by atoms with van der Waals surface area (Å²) in [5.74, 6) is 0.613. The van der Waals surface area contributed by atoms with Gasteiger partial charge in [-0.1, -0.05) is 33.8 Å². The Labute approximate surface area is 69.7 Å². The van der Waals surface area contributed by atoms with Gasteiger partial charge in [0.25, 0.3) is 0 Å². The lowest BCUT2D eigenvalue weighted by molar-refractivity contribution is 0.660. The lowest BCUT2D eigenvalue weighted by atomic mass is 10.1. The van der Waals surface area contributed by atoms with E-state index in [9.17, 15) is 4.91 Å². The Bertz CT molecular complexity index is 117. The number of allylic oxidation sites excluding steroid dienone is 2. The molecule has 0 spiro atoms. The van der Waals surface area contributed by atoms with E-state index in [1.54, 1.807) is 6.92 Å². The van der Waals surface area contributed by atoms with Crippen LogP contribution in [0, 0.1) is 10.8 Å². The van der Waals surface area contributed by atoms with E-state index in [0.717, 1.165) is 6.42 Å². The van der Waals surface area contributed by atoms with E-state index >= 15 is 0 Å². The predicted molar refractivity (Wildman–Crippen MR) is 50.4 cm³/mol. The minimum atomic E-state index is 0.587. The van der Waals surface area contributed by atoms with Crippen LogP contribution < -0.4 is 0 Å². The normalized spacial score (nSPS) is 10.5. The van der Waals surface area contributed by atoms with Crippen LogP contribution >= 0.6 is 0 Å². The summed E-state index contributed by atoms with van der Waals surface area (Å²) in [6, 6.07) is 0. The molecule has 0 N–H and O–H groups in total. The van der Waals surface area contributed by atoms with Crippen molar-refractivity contribution in [3.05, 3.63) is 16.7 Å². The number of hydrogen-bond donors (Lipinski definition) is 0. The van der Waals surface area contributed by atoms with Gasteiger partial charge in [-0.15, -0.1) is 4.91 Å². The molecule has 0 amide bonds. The minimum absolute atomic E-state index is 0.587. The first-order chi connectivity index (χ1) is 5.16. The van der Waals surface area contributed by atoms with E-state index in [1.165, 1.54) is 0 Å². The van der Waals surface area contributed by atoms with Crippen LogP contribution in [0.15, 0.2) is 16.9 Å². The first-order valence-electron chi connectivity index (χ1n) is 4.17. The summed E-state index contributed by atoms with van der Waals surface area (Å²) in [5, 5.41) is 2.77. The molecule has 0 heterocycles. The first kappa shape index (κ1) is 13.0. The molecule has 0 aliphatic heterocycles. The van der Waals surface area contributed by atoms with Gasteiger partial charge in [0.1, 0.15) is 0 Å². The Balaban J connectivity index is 0. The summed E-state index contributed by atoms with van der Waals surface area (Å²) in [4.78, 5) is 9.80. The fourth-order valence-corrected chi connectivity index (χ4v) is 0.444. The molecule has 11 heavy (non-hydrogen) atoms. The molecule has 0 aliphatic carbocycles. The van der Waals surface area contributed by atoms with Gasteiger partial charge in [-0.25, -0.2) is 0 Å². The highest BCUT2D eigenvalue weighted by molar-refractivity contribution is 4.94. The number of nitrogens with zero attached hydrogens (tertiary/aromatic N) is 1. The highest BCUT2D eigenvalue weighted by Crippen LogP contribution is 2.03. The third kappa shape index (κ3) is 12.5. The van der Waals surface area contributed by atoms with E-state index in [-0.39, 0.29) is 0 Å². The van der Waals surface area contributed by atoms with Crippen LogP contribution in [0.1, 0.15) is 41.0 Å². The van der Waals surface area contributed by atoms with Crippen molar-refractivity contribution in [2.45, 2.75) is 41.0 Å². The van der Waals surface area contributed by atoms with Crippen molar-refractivity contribution in [1.82, 2.24) is 0 Å². The highest BCUT2D eigenvalue weighted by atomic mass is 16.3. The molecule has 66 valence electrons. The van der Waals surface area contributed by atoms with Crippen molar-refractivity contribution in [1.29, 1.82) is 0 Å². The van der Waals surface area contributed by atoms with Gasteiger partial charge >= 0.3 is 0 Å². The average molecular weight is 157 g/mol. The smallest absolute Gasteiger partial charge is 0.0778 e. The summed E-state index contributed by atoms with van der Waals surface area (Å²) in [6.07, 6.45) is 2.80. The summed E-state index contributed by atoms with van der Waals surface area (Å²) in [6.45, 7) is 9.93. The largest absolute Gasteiger partial charge is 0.145 e. The van der Waals surface area contributed by atoms with E-state index in [1.807, 2.05) is 19.9 Å². The number of rotatable bonds is 3. The maximum absolute atomic E-state index is 9.80. The van der Waals surface area contributed by atoms with Gasteiger partial charge in [-0.05, 0) is 24.4 Å².